The first-order valence-corrected chi connectivity index (χ1v) is 12.1. The average molecular weight is 396 g/mol. The highest BCUT2D eigenvalue weighted by molar-refractivity contribution is 7.79. The predicted octanol–water partition coefficient (Wildman–Crippen LogP) is 6.19. The maximum Gasteiger partial charge on any atom is 0.394 e. The molecule has 0 aromatic heterocycles. The van der Waals surface area contributed by atoms with Gasteiger partial charge in [-0.15, -0.1) is 0 Å². The van der Waals surface area contributed by atoms with Crippen molar-refractivity contribution >= 4 is 10.4 Å². The monoisotopic (exact) mass is 395 g/mol. The lowest BCUT2D eigenvalue weighted by Crippen LogP contribution is -2.14. The number of nitrogens with two attached hydrogens (primary N) is 1. The second-order valence-electron chi connectivity index (χ2n) is 7.37. The van der Waals surface area contributed by atoms with Crippen LogP contribution >= 0.6 is 0 Å². The van der Waals surface area contributed by atoms with E-state index in [0.717, 1.165) is 12.5 Å². The first kappa shape index (κ1) is 28.0. The number of rotatable bonds is 17. The lowest BCUT2D eigenvalue weighted by atomic mass is 9.94. The molecule has 1 atom stereocenters. The van der Waals surface area contributed by atoms with Crippen LogP contribution in [-0.2, 0) is 10.4 Å². The van der Waals surface area contributed by atoms with Crippen LogP contribution < -0.4 is 5.73 Å². The molecule has 4 N–H and O–H groups in total. The fraction of sp³-hybridized carbons (Fsp3) is 1.00. The molecular weight excluding hydrogens is 350 g/mol. The zero-order valence-electron chi connectivity index (χ0n) is 17.3. The van der Waals surface area contributed by atoms with Crippen LogP contribution in [-0.4, -0.2) is 24.1 Å². The Hall–Kier alpha value is -0.170. The molecule has 0 aliphatic carbocycles. The van der Waals surface area contributed by atoms with Crippen molar-refractivity contribution in [3.05, 3.63) is 0 Å². The summed E-state index contributed by atoms with van der Waals surface area (Å²) in [5, 5.41) is 0. The standard InChI is InChI=1S/C20H43N.H2O4S/c1-3-5-7-9-11-12-14-16-18-20(19-21)17-15-13-10-8-6-4-2;1-5(2,3)4/h20H,3-19,21H2,1-2H3;(H2,1,2,3,4). The number of hydrogen-bond acceptors (Lipinski definition) is 3. The van der Waals surface area contributed by atoms with Gasteiger partial charge in [0.05, 0.1) is 0 Å². The largest absolute Gasteiger partial charge is 0.394 e. The fourth-order valence-electron chi connectivity index (χ4n) is 3.16. The molecule has 1 unspecified atom stereocenters. The minimum Gasteiger partial charge on any atom is -0.330 e. The third-order valence-electron chi connectivity index (χ3n) is 4.77. The van der Waals surface area contributed by atoms with E-state index in [-0.39, 0.29) is 0 Å². The summed E-state index contributed by atoms with van der Waals surface area (Å²) in [7, 11) is -4.67. The highest BCUT2D eigenvalue weighted by atomic mass is 32.3. The van der Waals surface area contributed by atoms with Gasteiger partial charge >= 0.3 is 10.4 Å². The van der Waals surface area contributed by atoms with Crippen molar-refractivity contribution in [2.75, 3.05) is 6.54 Å². The Bertz CT molecular complexity index is 353. The molecule has 0 aromatic rings. The molecule has 0 saturated heterocycles. The summed E-state index contributed by atoms with van der Waals surface area (Å²) >= 11 is 0. The molecule has 0 aliphatic rings. The minimum absolute atomic E-state index is 0.802. The van der Waals surface area contributed by atoms with Gasteiger partial charge in [0.15, 0.2) is 0 Å². The van der Waals surface area contributed by atoms with Crippen LogP contribution in [0.4, 0.5) is 0 Å². The Kier molecular flexibility index (Phi) is 22.8. The van der Waals surface area contributed by atoms with Crippen LogP contribution in [0.5, 0.6) is 0 Å². The summed E-state index contributed by atoms with van der Waals surface area (Å²) in [4.78, 5) is 0. The highest BCUT2D eigenvalue weighted by Crippen LogP contribution is 2.18. The van der Waals surface area contributed by atoms with E-state index >= 15 is 0 Å². The SMILES string of the molecule is CCCCCCCCCCC(CN)CCCCCCCC.O=S(=O)(O)O. The summed E-state index contributed by atoms with van der Waals surface area (Å²) in [6.07, 6.45) is 22.6. The maximum atomic E-state index is 8.74. The first-order chi connectivity index (χ1) is 12.3. The lowest BCUT2D eigenvalue weighted by molar-refractivity contribution is 0.381. The molecule has 6 heteroatoms. The molecule has 0 radical (unpaired) electrons. The van der Waals surface area contributed by atoms with Gasteiger partial charge in [0.1, 0.15) is 0 Å². The van der Waals surface area contributed by atoms with E-state index in [2.05, 4.69) is 13.8 Å². The molecule has 0 aliphatic heterocycles. The molecule has 5 nitrogen and oxygen atoms in total. The molecule has 0 spiro atoms. The van der Waals surface area contributed by atoms with Gasteiger partial charge in [-0.25, -0.2) is 0 Å². The third-order valence-corrected chi connectivity index (χ3v) is 4.77. The van der Waals surface area contributed by atoms with Gasteiger partial charge in [0.25, 0.3) is 0 Å². The predicted molar refractivity (Wildman–Crippen MR) is 112 cm³/mol. The number of unbranched alkanes of at least 4 members (excludes halogenated alkanes) is 12. The van der Waals surface area contributed by atoms with Crippen LogP contribution in [0.25, 0.3) is 0 Å². The van der Waals surface area contributed by atoms with Gasteiger partial charge in [0, 0.05) is 0 Å². The van der Waals surface area contributed by atoms with Crippen LogP contribution in [0.3, 0.4) is 0 Å². The normalized spacial score (nSPS) is 12.5. The summed E-state index contributed by atoms with van der Waals surface area (Å²) in [5.74, 6) is 0.802. The van der Waals surface area contributed by atoms with Crippen molar-refractivity contribution in [3.8, 4) is 0 Å². The first-order valence-electron chi connectivity index (χ1n) is 10.7. The van der Waals surface area contributed by atoms with Crippen LogP contribution in [0, 0.1) is 5.92 Å². The smallest absolute Gasteiger partial charge is 0.330 e. The molecule has 0 fully saturated rings. The van der Waals surface area contributed by atoms with E-state index in [1.807, 2.05) is 0 Å². The average Bonchev–Trinajstić information content (AvgIpc) is 2.57. The Labute approximate surface area is 163 Å². The molecule has 0 heterocycles. The van der Waals surface area contributed by atoms with E-state index in [0.29, 0.717) is 0 Å². The van der Waals surface area contributed by atoms with Crippen molar-refractivity contribution in [2.24, 2.45) is 11.7 Å². The van der Waals surface area contributed by atoms with Crippen molar-refractivity contribution in [3.63, 3.8) is 0 Å². The summed E-state index contributed by atoms with van der Waals surface area (Å²) in [6.45, 7) is 5.48. The summed E-state index contributed by atoms with van der Waals surface area (Å²) in [5.41, 5.74) is 5.93. The highest BCUT2D eigenvalue weighted by Gasteiger charge is 2.06. The zero-order valence-corrected chi connectivity index (χ0v) is 18.1. The van der Waals surface area contributed by atoms with Crippen molar-refractivity contribution in [2.45, 2.75) is 117 Å². The molecule has 0 rings (SSSR count). The quantitative estimate of drug-likeness (QED) is 0.201. The van der Waals surface area contributed by atoms with E-state index in [1.165, 1.54) is 103 Å². The lowest BCUT2D eigenvalue weighted by Gasteiger charge is -2.14. The molecule has 160 valence electrons. The van der Waals surface area contributed by atoms with Gasteiger partial charge in [0.2, 0.25) is 0 Å². The topological polar surface area (TPSA) is 101 Å². The minimum atomic E-state index is -4.67. The van der Waals surface area contributed by atoms with Gasteiger partial charge in [-0.05, 0) is 25.3 Å². The van der Waals surface area contributed by atoms with Gasteiger partial charge < -0.3 is 5.73 Å². The van der Waals surface area contributed by atoms with E-state index in [4.69, 9.17) is 23.3 Å². The Balaban J connectivity index is 0. The molecule has 0 amide bonds. The number of hydrogen-bond donors (Lipinski definition) is 3. The van der Waals surface area contributed by atoms with Crippen molar-refractivity contribution in [1.82, 2.24) is 0 Å². The molecule has 26 heavy (non-hydrogen) atoms. The van der Waals surface area contributed by atoms with Gasteiger partial charge in [-0.3, -0.25) is 9.11 Å². The second kappa shape index (κ2) is 21.1. The molecule has 0 aromatic carbocycles. The zero-order chi connectivity index (χ0) is 20.1. The summed E-state index contributed by atoms with van der Waals surface area (Å²) < 4.78 is 31.6. The molecular formula is C20H45NO4S. The maximum absolute atomic E-state index is 8.74. The van der Waals surface area contributed by atoms with E-state index < -0.39 is 10.4 Å². The van der Waals surface area contributed by atoms with Crippen molar-refractivity contribution < 1.29 is 17.5 Å². The van der Waals surface area contributed by atoms with Crippen molar-refractivity contribution in [1.29, 1.82) is 0 Å². The van der Waals surface area contributed by atoms with Gasteiger partial charge in [-0.1, -0.05) is 104 Å². The molecule has 0 saturated carbocycles. The van der Waals surface area contributed by atoms with E-state index in [9.17, 15) is 0 Å². The Morgan fingerprint density at radius 3 is 1.19 bits per heavy atom. The summed E-state index contributed by atoms with van der Waals surface area (Å²) in [6, 6.07) is 0. The third kappa shape index (κ3) is 31.6. The molecule has 0 bridgehead atoms. The second-order valence-corrected chi connectivity index (χ2v) is 8.27. The van der Waals surface area contributed by atoms with Crippen LogP contribution in [0.1, 0.15) is 117 Å². The Morgan fingerprint density at radius 1 is 0.654 bits per heavy atom. The van der Waals surface area contributed by atoms with Crippen LogP contribution in [0.2, 0.25) is 0 Å². The fourth-order valence-corrected chi connectivity index (χ4v) is 3.16. The van der Waals surface area contributed by atoms with E-state index in [1.54, 1.807) is 0 Å². The van der Waals surface area contributed by atoms with Gasteiger partial charge in [-0.2, -0.15) is 8.42 Å². The Morgan fingerprint density at radius 2 is 0.923 bits per heavy atom. The van der Waals surface area contributed by atoms with Crippen LogP contribution in [0.15, 0.2) is 0 Å².